The van der Waals surface area contributed by atoms with E-state index in [2.05, 4.69) is 27.8 Å². The SMILES string of the molecule is CCC1CN(Cc2ccc(F)c(Br)c2)CCC1N. The second-order valence-corrected chi connectivity index (χ2v) is 5.96. The Morgan fingerprint density at radius 3 is 2.94 bits per heavy atom. The van der Waals surface area contributed by atoms with E-state index in [9.17, 15) is 4.39 Å². The minimum atomic E-state index is -0.203. The predicted molar refractivity (Wildman–Crippen MR) is 75.8 cm³/mol. The molecule has 2 nitrogen and oxygen atoms in total. The van der Waals surface area contributed by atoms with Crippen LogP contribution in [0.3, 0.4) is 0 Å². The van der Waals surface area contributed by atoms with Gasteiger partial charge < -0.3 is 5.73 Å². The highest BCUT2D eigenvalue weighted by Crippen LogP contribution is 2.22. The maximum absolute atomic E-state index is 13.2. The first-order chi connectivity index (χ1) is 8.60. The fraction of sp³-hybridized carbons (Fsp3) is 0.571. The third-order valence-corrected chi connectivity index (χ3v) is 4.40. The minimum Gasteiger partial charge on any atom is -0.327 e. The Morgan fingerprint density at radius 2 is 2.28 bits per heavy atom. The van der Waals surface area contributed by atoms with Crippen LogP contribution in [0.25, 0.3) is 0 Å². The van der Waals surface area contributed by atoms with Crippen molar-refractivity contribution in [2.24, 2.45) is 11.7 Å². The molecule has 0 saturated carbocycles. The van der Waals surface area contributed by atoms with E-state index in [1.165, 1.54) is 6.07 Å². The first-order valence-electron chi connectivity index (χ1n) is 6.52. The van der Waals surface area contributed by atoms with Crippen molar-refractivity contribution in [3.8, 4) is 0 Å². The van der Waals surface area contributed by atoms with Crippen LogP contribution in [0.15, 0.2) is 22.7 Å². The van der Waals surface area contributed by atoms with Gasteiger partial charge in [-0.3, -0.25) is 4.90 Å². The van der Waals surface area contributed by atoms with Crippen LogP contribution < -0.4 is 5.73 Å². The average Bonchev–Trinajstić information content (AvgIpc) is 2.36. The van der Waals surface area contributed by atoms with Crippen molar-refractivity contribution in [2.75, 3.05) is 13.1 Å². The van der Waals surface area contributed by atoms with Gasteiger partial charge in [0.2, 0.25) is 0 Å². The molecule has 0 amide bonds. The van der Waals surface area contributed by atoms with Gasteiger partial charge in [0.05, 0.1) is 4.47 Å². The second-order valence-electron chi connectivity index (χ2n) is 5.10. The molecule has 1 aromatic carbocycles. The monoisotopic (exact) mass is 314 g/mol. The first-order valence-corrected chi connectivity index (χ1v) is 7.31. The van der Waals surface area contributed by atoms with Crippen LogP contribution in [-0.2, 0) is 6.54 Å². The molecule has 0 spiro atoms. The zero-order valence-electron chi connectivity index (χ0n) is 10.7. The minimum absolute atomic E-state index is 0.203. The van der Waals surface area contributed by atoms with E-state index in [-0.39, 0.29) is 5.82 Å². The molecule has 1 aliphatic rings. The molecule has 2 unspecified atom stereocenters. The van der Waals surface area contributed by atoms with Gasteiger partial charge in [0.1, 0.15) is 5.82 Å². The van der Waals surface area contributed by atoms with Gasteiger partial charge in [-0.2, -0.15) is 0 Å². The van der Waals surface area contributed by atoms with Gasteiger partial charge in [-0.15, -0.1) is 0 Å². The number of nitrogens with two attached hydrogens (primary N) is 1. The lowest BCUT2D eigenvalue weighted by atomic mass is 9.90. The maximum Gasteiger partial charge on any atom is 0.137 e. The molecule has 0 aliphatic carbocycles. The molecule has 2 rings (SSSR count). The van der Waals surface area contributed by atoms with E-state index in [1.54, 1.807) is 0 Å². The van der Waals surface area contributed by atoms with E-state index in [4.69, 9.17) is 5.73 Å². The summed E-state index contributed by atoms with van der Waals surface area (Å²) in [6.07, 6.45) is 2.19. The van der Waals surface area contributed by atoms with Gasteiger partial charge in [0, 0.05) is 19.1 Å². The lowest BCUT2D eigenvalue weighted by Crippen LogP contribution is -2.46. The normalized spacial score (nSPS) is 25.3. The van der Waals surface area contributed by atoms with Crippen molar-refractivity contribution in [2.45, 2.75) is 32.4 Å². The van der Waals surface area contributed by atoms with Crippen LogP contribution in [0.1, 0.15) is 25.3 Å². The maximum atomic E-state index is 13.2. The molecule has 1 heterocycles. The molecule has 1 aromatic rings. The van der Waals surface area contributed by atoms with Crippen LogP contribution in [0.5, 0.6) is 0 Å². The Labute approximate surface area is 116 Å². The molecule has 0 radical (unpaired) electrons. The first kappa shape index (κ1) is 14.0. The van der Waals surface area contributed by atoms with Gasteiger partial charge in [-0.05, 0) is 52.5 Å². The van der Waals surface area contributed by atoms with Crippen LogP contribution in [0.2, 0.25) is 0 Å². The smallest absolute Gasteiger partial charge is 0.137 e. The molecule has 1 aliphatic heterocycles. The predicted octanol–water partition coefficient (Wildman–Crippen LogP) is 3.15. The summed E-state index contributed by atoms with van der Waals surface area (Å²) in [5.74, 6) is 0.383. The number of halogens is 2. The fourth-order valence-electron chi connectivity index (χ4n) is 2.60. The Hall–Kier alpha value is -0.450. The van der Waals surface area contributed by atoms with Gasteiger partial charge in [0.15, 0.2) is 0 Å². The highest BCUT2D eigenvalue weighted by Gasteiger charge is 2.25. The molecule has 0 aromatic heterocycles. The van der Waals surface area contributed by atoms with Gasteiger partial charge >= 0.3 is 0 Å². The van der Waals surface area contributed by atoms with Crippen molar-refractivity contribution in [3.63, 3.8) is 0 Å². The highest BCUT2D eigenvalue weighted by atomic mass is 79.9. The number of benzene rings is 1. The van der Waals surface area contributed by atoms with Crippen LogP contribution in [0, 0.1) is 11.7 Å². The number of hydrogen-bond donors (Lipinski definition) is 1. The van der Waals surface area contributed by atoms with Gasteiger partial charge in [0.25, 0.3) is 0 Å². The molecule has 1 fully saturated rings. The third kappa shape index (κ3) is 3.31. The Morgan fingerprint density at radius 1 is 1.50 bits per heavy atom. The number of hydrogen-bond acceptors (Lipinski definition) is 2. The summed E-state index contributed by atoms with van der Waals surface area (Å²) in [6, 6.07) is 5.58. The lowest BCUT2D eigenvalue weighted by Gasteiger charge is -2.36. The van der Waals surface area contributed by atoms with Crippen molar-refractivity contribution >= 4 is 15.9 Å². The lowest BCUT2D eigenvalue weighted by molar-refractivity contribution is 0.145. The molecular weight excluding hydrogens is 295 g/mol. The van der Waals surface area contributed by atoms with Crippen molar-refractivity contribution in [1.29, 1.82) is 0 Å². The summed E-state index contributed by atoms with van der Waals surface area (Å²) in [7, 11) is 0. The van der Waals surface area contributed by atoms with Gasteiger partial charge in [-0.1, -0.05) is 19.4 Å². The fourth-order valence-corrected chi connectivity index (χ4v) is 3.02. The number of likely N-dealkylation sites (tertiary alicyclic amines) is 1. The van der Waals surface area contributed by atoms with Crippen LogP contribution in [0.4, 0.5) is 4.39 Å². The summed E-state index contributed by atoms with van der Waals surface area (Å²) in [6.45, 7) is 5.16. The molecule has 18 heavy (non-hydrogen) atoms. The van der Waals surface area contributed by atoms with Crippen molar-refractivity contribution in [1.82, 2.24) is 4.90 Å². The average molecular weight is 315 g/mol. The molecule has 0 bridgehead atoms. The molecule has 1 saturated heterocycles. The van der Waals surface area contributed by atoms with Crippen LogP contribution >= 0.6 is 15.9 Å². The largest absolute Gasteiger partial charge is 0.327 e. The van der Waals surface area contributed by atoms with E-state index < -0.39 is 0 Å². The number of nitrogens with zero attached hydrogens (tertiary/aromatic N) is 1. The Bertz CT molecular complexity index is 411. The molecule has 100 valence electrons. The van der Waals surface area contributed by atoms with Crippen molar-refractivity contribution < 1.29 is 4.39 Å². The topological polar surface area (TPSA) is 29.3 Å². The zero-order valence-corrected chi connectivity index (χ0v) is 12.3. The number of rotatable bonds is 3. The molecule has 4 heteroatoms. The highest BCUT2D eigenvalue weighted by molar-refractivity contribution is 9.10. The summed E-state index contributed by atoms with van der Waals surface area (Å²) in [4.78, 5) is 2.41. The Kier molecular flexibility index (Phi) is 4.76. The second kappa shape index (κ2) is 6.13. The number of piperidine rings is 1. The quantitative estimate of drug-likeness (QED) is 0.928. The Balaban J connectivity index is 1.99. The summed E-state index contributed by atoms with van der Waals surface area (Å²) < 4.78 is 13.7. The standard InChI is InChI=1S/C14H20BrFN2/c1-2-11-9-18(6-5-14(11)17)8-10-3-4-13(16)12(15)7-10/h3-4,7,11,14H,2,5-6,8-9,17H2,1H3. The van der Waals surface area contributed by atoms with Crippen molar-refractivity contribution in [3.05, 3.63) is 34.1 Å². The molecule has 2 N–H and O–H groups in total. The van der Waals surface area contributed by atoms with E-state index in [0.29, 0.717) is 16.4 Å². The summed E-state index contributed by atoms with van der Waals surface area (Å²) >= 11 is 3.23. The zero-order chi connectivity index (χ0) is 13.1. The molecular formula is C14H20BrFN2. The van der Waals surface area contributed by atoms with Gasteiger partial charge in [-0.25, -0.2) is 4.39 Å². The van der Waals surface area contributed by atoms with E-state index in [0.717, 1.165) is 38.0 Å². The van der Waals surface area contributed by atoms with Crippen LogP contribution in [-0.4, -0.2) is 24.0 Å². The molecule has 2 atom stereocenters. The van der Waals surface area contributed by atoms with E-state index >= 15 is 0 Å². The van der Waals surface area contributed by atoms with E-state index in [1.807, 2.05) is 12.1 Å². The third-order valence-electron chi connectivity index (χ3n) is 3.79. The summed E-state index contributed by atoms with van der Waals surface area (Å²) in [5.41, 5.74) is 7.25. The summed E-state index contributed by atoms with van der Waals surface area (Å²) in [5, 5.41) is 0.